The van der Waals surface area contributed by atoms with Gasteiger partial charge in [0.1, 0.15) is 18.1 Å². The fourth-order valence-electron chi connectivity index (χ4n) is 2.05. The standard InChI is InChI=1S/C16H11ClF2N2O/c17-13-4-2-1-3-11(13)16(21-15(22)7-8-20)12-9-10(18)5-6-14(12)19/h1-6,9,16H,7H2,(H,21,22). The molecular weight excluding hydrogens is 310 g/mol. The van der Waals surface area contributed by atoms with Gasteiger partial charge in [0.25, 0.3) is 0 Å². The number of hydrogen-bond donors (Lipinski definition) is 1. The van der Waals surface area contributed by atoms with Crippen LogP contribution in [0.15, 0.2) is 42.5 Å². The minimum atomic E-state index is -0.981. The van der Waals surface area contributed by atoms with Crippen LogP contribution < -0.4 is 5.32 Å². The molecule has 3 nitrogen and oxygen atoms in total. The molecule has 0 spiro atoms. The average Bonchev–Trinajstić information content (AvgIpc) is 2.49. The molecule has 0 saturated carbocycles. The fraction of sp³-hybridized carbons (Fsp3) is 0.125. The van der Waals surface area contributed by atoms with Crippen LogP contribution in [0, 0.1) is 23.0 Å². The van der Waals surface area contributed by atoms with E-state index in [1.807, 2.05) is 0 Å². The van der Waals surface area contributed by atoms with Crippen molar-refractivity contribution < 1.29 is 13.6 Å². The number of carbonyl (C=O) groups is 1. The molecule has 22 heavy (non-hydrogen) atoms. The molecule has 0 bridgehead atoms. The van der Waals surface area contributed by atoms with Gasteiger partial charge in [-0.2, -0.15) is 5.26 Å². The van der Waals surface area contributed by atoms with Gasteiger partial charge in [-0.15, -0.1) is 0 Å². The highest BCUT2D eigenvalue weighted by Crippen LogP contribution is 2.30. The Balaban J connectivity index is 2.51. The van der Waals surface area contributed by atoms with Gasteiger partial charge in [0.2, 0.25) is 5.91 Å². The number of nitrogens with one attached hydrogen (secondary N) is 1. The minimum absolute atomic E-state index is 0.0561. The van der Waals surface area contributed by atoms with Crippen LogP contribution in [-0.2, 0) is 4.79 Å². The van der Waals surface area contributed by atoms with E-state index in [2.05, 4.69) is 5.32 Å². The summed E-state index contributed by atoms with van der Waals surface area (Å²) >= 11 is 6.09. The molecule has 0 aliphatic rings. The highest BCUT2D eigenvalue weighted by molar-refractivity contribution is 6.31. The van der Waals surface area contributed by atoms with Crippen LogP contribution in [0.2, 0.25) is 5.02 Å². The first-order chi connectivity index (χ1) is 10.5. The van der Waals surface area contributed by atoms with Crippen molar-refractivity contribution in [2.75, 3.05) is 0 Å². The molecule has 0 aromatic heterocycles. The molecule has 1 unspecified atom stereocenters. The lowest BCUT2D eigenvalue weighted by Gasteiger charge is -2.21. The number of nitrogens with zero attached hydrogens (tertiary/aromatic N) is 1. The first kappa shape index (κ1) is 15.9. The van der Waals surface area contributed by atoms with Crippen molar-refractivity contribution in [1.82, 2.24) is 5.32 Å². The maximum atomic E-state index is 14.0. The van der Waals surface area contributed by atoms with Gasteiger partial charge in [0.05, 0.1) is 12.1 Å². The molecule has 0 saturated heterocycles. The van der Waals surface area contributed by atoms with E-state index in [1.54, 1.807) is 30.3 Å². The Morgan fingerprint density at radius 2 is 1.95 bits per heavy atom. The number of benzene rings is 2. The molecule has 0 radical (unpaired) electrons. The van der Waals surface area contributed by atoms with Gasteiger partial charge in [-0.3, -0.25) is 4.79 Å². The van der Waals surface area contributed by atoms with Gasteiger partial charge >= 0.3 is 0 Å². The summed E-state index contributed by atoms with van der Waals surface area (Å²) < 4.78 is 27.5. The zero-order valence-electron chi connectivity index (χ0n) is 11.3. The van der Waals surface area contributed by atoms with E-state index >= 15 is 0 Å². The van der Waals surface area contributed by atoms with E-state index in [0.717, 1.165) is 18.2 Å². The Hall–Kier alpha value is -2.45. The molecule has 1 N–H and O–H groups in total. The highest BCUT2D eigenvalue weighted by atomic mass is 35.5. The Morgan fingerprint density at radius 3 is 2.64 bits per heavy atom. The summed E-state index contributed by atoms with van der Waals surface area (Å²) in [4.78, 5) is 11.7. The van der Waals surface area contributed by atoms with E-state index in [0.29, 0.717) is 10.6 Å². The first-order valence-corrected chi connectivity index (χ1v) is 6.76. The Bertz CT molecular complexity index is 743. The van der Waals surface area contributed by atoms with Gasteiger partial charge < -0.3 is 5.32 Å². The summed E-state index contributed by atoms with van der Waals surface area (Å²) in [7, 11) is 0. The summed E-state index contributed by atoms with van der Waals surface area (Å²) in [6.07, 6.45) is -0.391. The maximum absolute atomic E-state index is 14.0. The van der Waals surface area contributed by atoms with Crippen LogP contribution >= 0.6 is 11.6 Å². The van der Waals surface area contributed by atoms with Crippen LogP contribution in [0.1, 0.15) is 23.6 Å². The van der Waals surface area contributed by atoms with E-state index in [9.17, 15) is 13.6 Å². The van der Waals surface area contributed by atoms with E-state index < -0.39 is 30.0 Å². The summed E-state index contributed by atoms with van der Waals surface area (Å²) in [5.41, 5.74) is 0.361. The first-order valence-electron chi connectivity index (χ1n) is 6.38. The molecule has 0 aliphatic heterocycles. The third kappa shape index (κ3) is 3.60. The Labute approximate surface area is 131 Å². The zero-order chi connectivity index (χ0) is 16.1. The molecule has 2 aromatic rings. The maximum Gasteiger partial charge on any atom is 0.234 e. The van der Waals surface area contributed by atoms with Gasteiger partial charge in [-0.1, -0.05) is 29.8 Å². The highest BCUT2D eigenvalue weighted by Gasteiger charge is 2.22. The molecular formula is C16H11ClF2N2O. The Morgan fingerprint density at radius 1 is 1.23 bits per heavy atom. The zero-order valence-corrected chi connectivity index (χ0v) is 12.1. The lowest BCUT2D eigenvalue weighted by atomic mass is 9.97. The lowest BCUT2D eigenvalue weighted by Crippen LogP contribution is -2.29. The molecule has 6 heteroatoms. The lowest BCUT2D eigenvalue weighted by molar-refractivity contribution is -0.120. The van der Waals surface area contributed by atoms with E-state index in [1.165, 1.54) is 0 Å². The summed E-state index contributed by atoms with van der Waals surface area (Å²) in [5, 5.41) is 11.4. The minimum Gasteiger partial charge on any atom is -0.344 e. The van der Waals surface area contributed by atoms with Crippen molar-refractivity contribution in [2.45, 2.75) is 12.5 Å². The number of halogens is 3. The van der Waals surface area contributed by atoms with Crippen LogP contribution in [-0.4, -0.2) is 5.91 Å². The van der Waals surface area contributed by atoms with Gasteiger partial charge in [-0.25, -0.2) is 8.78 Å². The molecule has 0 heterocycles. The SMILES string of the molecule is N#CCC(=O)NC(c1cc(F)ccc1F)c1ccccc1Cl. The second-order valence-corrected chi connectivity index (χ2v) is 4.93. The molecule has 1 amide bonds. The van der Waals surface area contributed by atoms with Crippen molar-refractivity contribution in [3.05, 3.63) is 70.2 Å². The third-order valence-electron chi connectivity index (χ3n) is 3.03. The largest absolute Gasteiger partial charge is 0.344 e. The number of amides is 1. The molecule has 0 fully saturated rings. The summed E-state index contributed by atoms with van der Waals surface area (Å²) in [6.45, 7) is 0. The number of carbonyl (C=O) groups excluding carboxylic acids is 1. The van der Waals surface area contributed by atoms with E-state index in [4.69, 9.17) is 16.9 Å². The van der Waals surface area contributed by atoms with Crippen molar-refractivity contribution in [3.8, 4) is 6.07 Å². The number of rotatable bonds is 4. The fourth-order valence-corrected chi connectivity index (χ4v) is 2.30. The summed E-state index contributed by atoms with van der Waals surface area (Å²) in [5.74, 6) is -1.91. The smallest absolute Gasteiger partial charge is 0.234 e. The average molecular weight is 321 g/mol. The molecule has 2 rings (SSSR count). The quantitative estimate of drug-likeness (QED) is 0.933. The van der Waals surface area contributed by atoms with Crippen molar-refractivity contribution in [2.24, 2.45) is 0 Å². The van der Waals surface area contributed by atoms with E-state index in [-0.39, 0.29) is 5.56 Å². The monoisotopic (exact) mass is 320 g/mol. The molecule has 0 aliphatic carbocycles. The third-order valence-corrected chi connectivity index (χ3v) is 3.37. The second kappa shape index (κ2) is 7.01. The van der Waals surface area contributed by atoms with Crippen molar-refractivity contribution in [1.29, 1.82) is 5.26 Å². The molecule has 1 atom stereocenters. The molecule has 2 aromatic carbocycles. The predicted molar refractivity (Wildman–Crippen MR) is 78.0 cm³/mol. The second-order valence-electron chi connectivity index (χ2n) is 4.52. The van der Waals surface area contributed by atoms with Crippen molar-refractivity contribution in [3.63, 3.8) is 0 Å². The molecule has 112 valence electrons. The number of hydrogen-bond acceptors (Lipinski definition) is 2. The van der Waals surface area contributed by atoms with Crippen LogP contribution in [0.25, 0.3) is 0 Å². The topological polar surface area (TPSA) is 52.9 Å². The van der Waals surface area contributed by atoms with Gasteiger partial charge in [0, 0.05) is 10.6 Å². The van der Waals surface area contributed by atoms with Crippen LogP contribution in [0.4, 0.5) is 8.78 Å². The van der Waals surface area contributed by atoms with Crippen LogP contribution in [0.5, 0.6) is 0 Å². The van der Waals surface area contributed by atoms with Crippen molar-refractivity contribution >= 4 is 17.5 Å². The summed E-state index contributed by atoms with van der Waals surface area (Å²) in [6, 6.07) is 10.2. The van der Waals surface area contributed by atoms with Crippen LogP contribution in [0.3, 0.4) is 0 Å². The predicted octanol–water partition coefficient (Wildman–Crippen LogP) is 3.74. The Kier molecular flexibility index (Phi) is 5.08. The van der Waals surface area contributed by atoms with Gasteiger partial charge in [-0.05, 0) is 29.8 Å². The number of nitriles is 1. The van der Waals surface area contributed by atoms with Gasteiger partial charge in [0.15, 0.2) is 0 Å². The normalized spacial score (nSPS) is 11.5.